The maximum absolute atomic E-state index is 13.0. The molecule has 0 aliphatic carbocycles. The van der Waals surface area contributed by atoms with Crippen molar-refractivity contribution in [3.05, 3.63) is 59.3 Å². The van der Waals surface area contributed by atoms with Gasteiger partial charge in [-0.2, -0.15) is 0 Å². The van der Waals surface area contributed by atoms with Crippen LogP contribution < -0.4 is 11.1 Å². The number of benzene rings is 1. The fraction of sp³-hybridized carbons (Fsp3) is 0.294. The third-order valence-corrected chi connectivity index (χ3v) is 2.71. The Morgan fingerprint density at radius 2 is 1.87 bits per heavy atom. The Labute approximate surface area is 135 Å². The molecule has 0 aromatic heterocycles. The summed E-state index contributed by atoms with van der Waals surface area (Å²) in [4.78, 5) is 23.0. The zero-order valence-electron chi connectivity index (χ0n) is 13.6. The molecule has 0 radical (unpaired) electrons. The highest BCUT2D eigenvalue weighted by Crippen LogP contribution is 2.08. The SMILES string of the molecule is C=C(/C=C(\N)C(=O)NCc1ccc(F)c(F)c1)C(=O)CC.CC. The van der Waals surface area contributed by atoms with Crippen molar-refractivity contribution in [1.82, 2.24) is 5.32 Å². The molecule has 1 aromatic rings. The van der Waals surface area contributed by atoms with Crippen LogP contribution in [0.5, 0.6) is 0 Å². The molecule has 0 saturated heterocycles. The fourth-order valence-electron chi connectivity index (χ4n) is 1.49. The number of halogens is 2. The predicted octanol–water partition coefficient (Wildman–Crippen LogP) is 2.99. The normalized spacial score (nSPS) is 10.4. The number of carbonyl (C=O) groups excluding carboxylic acids is 2. The van der Waals surface area contributed by atoms with Crippen molar-refractivity contribution >= 4 is 11.7 Å². The quantitative estimate of drug-likeness (QED) is 0.624. The van der Waals surface area contributed by atoms with Crippen molar-refractivity contribution in [2.24, 2.45) is 5.73 Å². The Bertz CT molecular complexity index is 611. The molecule has 0 saturated carbocycles. The van der Waals surface area contributed by atoms with Crippen molar-refractivity contribution in [2.45, 2.75) is 33.7 Å². The van der Waals surface area contributed by atoms with Gasteiger partial charge in [-0.25, -0.2) is 8.78 Å². The number of hydrogen-bond acceptors (Lipinski definition) is 3. The van der Waals surface area contributed by atoms with E-state index in [1.54, 1.807) is 6.92 Å². The minimum absolute atomic E-state index is 0.0151. The van der Waals surface area contributed by atoms with Crippen LogP contribution in [0.3, 0.4) is 0 Å². The first-order valence-corrected chi connectivity index (χ1v) is 7.26. The summed E-state index contributed by atoms with van der Waals surface area (Å²) in [5.41, 5.74) is 5.88. The van der Waals surface area contributed by atoms with Gasteiger partial charge in [0, 0.05) is 18.5 Å². The molecule has 6 heteroatoms. The van der Waals surface area contributed by atoms with Crippen LogP contribution in [-0.4, -0.2) is 11.7 Å². The van der Waals surface area contributed by atoms with E-state index < -0.39 is 17.5 Å². The van der Waals surface area contributed by atoms with E-state index in [2.05, 4.69) is 11.9 Å². The minimum Gasteiger partial charge on any atom is -0.394 e. The van der Waals surface area contributed by atoms with Gasteiger partial charge in [-0.05, 0) is 23.8 Å². The molecule has 0 aliphatic rings. The van der Waals surface area contributed by atoms with Crippen molar-refractivity contribution in [2.75, 3.05) is 0 Å². The van der Waals surface area contributed by atoms with Gasteiger partial charge < -0.3 is 11.1 Å². The summed E-state index contributed by atoms with van der Waals surface area (Å²) >= 11 is 0. The Morgan fingerprint density at radius 1 is 1.26 bits per heavy atom. The highest BCUT2D eigenvalue weighted by molar-refractivity contribution is 6.00. The summed E-state index contributed by atoms with van der Waals surface area (Å²) < 4.78 is 25.7. The van der Waals surface area contributed by atoms with Crippen LogP contribution in [-0.2, 0) is 16.1 Å². The van der Waals surface area contributed by atoms with Gasteiger partial charge in [0.05, 0.1) is 5.70 Å². The van der Waals surface area contributed by atoms with Gasteiger partial charge in [0.25, 0.3) is 5.91 Å². The Hall–Kier alpha value is -2.50. The smallest absolute Gasteiger partial charge is 0.267 e. The van der Waals surface area contributed by atoms with Crippen molar-refractivity contribution in [3.63, 3.8) is 0 Å². The Morgan fingerprint density at radius 3 is 2.39 bits per heavy atom. The van der Waals surface area contributed by atoms with E-state index >= 15 is 0 Å². The van der Waals surface area contributed by atoms with Gasteiger partial charge in [0.1, 0.15) is 0 Å². The first kappa shape index (κ1) is 20.5. The zero-order valence-corrected chi connectivity index (χ0v) is 13.6. The maximum atomic E-state index is 13.0. The van der Waals surface area contributed by atoms with Gasteiger partial charge in [0.15, 0.2) is 17.4 Å². The van der Waals surface area contributed by atoms with Crippen LogP contribution in [0.4, 0.5) is 8.78 Å². The lowest BCUT2D eigenvalue weighted by Gasteiger charge is -2.06. The van der Waals surface area contributed by atoms with Crippen LogP contribution in [0.15, 0.2) is 42.1 Å². The number of rotatable bonds is 6. The van der Waals surface area contributed by atoms with Gasteiger partial charge in [-0.15, -0.1) is 0 Å². The lowest BCUT2D eigenvalue weighted by Crippen LogP contribution is -2.28. The van der Waals surface area contributed by atoms with Gasteiger partial charge >= 0.3 is 0 Å². The van der Waals surface area contributed by atoms with E-state index in [0.29, 0.717) is 5.56 Å². The molecule has 0 spiro atoms. The van der Waals surface area contributed by atoms with E-state index in [4.69, 9.17) is 5.73 Å². The summed E-state index contributed by atoms with van der Waals surface area (Å²) in [6, 6.07) is 3.30. The first-order chi connectivity index (χ1) is 10.8. The maximum Gasteiger partial charge on any atom is 0.267 e. The molecule has 0 unspecified atom stereocenters. The lowest BCUT2D eigenvalue weighted by molar-refractivity contribution is -0.117. The van der Waals surface area contributed by atoms with E-state index in [0.717, 1.165) is 12.1 Å². The fourth-order valence-corrected chi connectivity index (χ4v) is 1.49. The molecule has 0 heterocycles. The number of ketones is 1. The predicted molar refractivity (Wildman–Crippen MR) is 86.3 cm³/mol. The van der Waals surface area contributed by atoms with Gasteiger partial charge in [-0.1, -0.05) is 33.4 Å². The van der Waals surface area contributed by atoms with E-state index in [-0.39, 0.29) is 30.0 Å². The third kappa shape index (κ3) is 6.86. The standard InChI is InChI=1S/C15H16F2N2O2.C2H6/c1-3-14(20)9(2)6-13(18)15(21)19-8-10-4-5-11(16)12(17)7-10;1-2/h4-7H,2-3,8,18H2,1H3,(H,19,21);1-2H3/b13-6-;. The minimum atomic E-state index is -0.993. The highest BCUT2D eigenvalue weighted by atomic mass is 19.2. The molecular weight excluding hydrogens is 302 g/mol. The molecule has 0 atom stereocenters. The highest BCUT2D eigenvalue weighted by Gasteiger charge is 2.09. The average molecular weight is 324 g/mol. The molecular formula is C17H22F2N2O2. The molecule has 23 heavy (non-hydrogen) atoms. The molecule has 1 amide bonds. The zero-order chi connectivity index (χ0) is 18.0. The van der Waals surface area contributed by atoms with Crippen LogP contribution in [0.25, 0.3) is 0 Å². The molecule has 0 bridgehead atoms. The van der Waals surface area contributed by atoms with E-state index in [9.17, 15) is 18.4 Å². The molecule has 0 aliphatic heterocycles. The van der Waals surface area contributed by atoms with Crippen LogP contribution >= 0.6 is 0 Å². The number of nitrogens with two attached hydrogens (primary N) is 1. The van der Waals surface area contributed by atoms with Crippen LogP contribution in [0.2, 0.25) is 0 Å². The number of Topliss-reactive ketones (excluding diaryl/α,β-unsaturated/α-hetero) is 1. The Balaban J connectivity index is 0.00000232. The molecule has 4 nitrogen and oxygen atoms in total. The third-order valence-electron chi connectivity index (χ3n) is 2.71. The molecule has 1 aromatic carbocycles. The Kier molecular flexibility index (Phi) is 9.15. The number of allylic oxidation sites excluding steroid dienone is 2. The number of carbonyl (C=O) groups is 2. The first-order valence-electron chi connectivity index (χ1n) is 7.26. The van der Waals surface area contributed by atoms with Crippen molar-refractivity contribution in [1.29, 1.82) is 0 Å². The van der Waals surface area contributed by atoms with Gasteiger partial charge in [-0.3, -0.25) is 9.59 Å². The monoisotopic (exact) mass is 324 g/mol. The summed E-state index contributed by atoms with van der Waals surface area (Å²) in [5.74, 6) is -2.79. The summed E-state index contributed by atoms with van der Waals surface area (Å²) in [7, 11) is 0. The van der Waals surface area contributed by atoms with Crippen LogP contribution in [0, 0.1) is 11.6 Å². The second-order valence-corrected chi connectivity index (χ2v) is 4.33. The summed E-state index contributed by atoms with van der Waals surface area (Å²) in [6.07, 6.45) is 1.45. The van der Waals surface area contributed by atoms with E-state index in [1.165, 1.54) is 12.1 Å². The second-order valence-electron chi connectivity index (χ2n) is 4.33. The van der Waals surface area contributed by atoms with E-state index in [1.807, 2.05) is 13.8 Å². The summed E-state index contributed by atoms with van der Waals surface area (Å²) in [5, 5.41) is 2.43. The average Bonchev–Trinajstić information content (AvgIpc) is 2.56. The lowest BCUT2D eigenvalue weighted by atomic mass is 10.1. The number of hydrogen-bond donors (Lipinski definition) is 2. The largest absolute Gasteiger partial charge is 0.394 e. The van der Waals surface area contributed by atoms with Crippen molar-refractivity contribution < 1.29 is 18.4 Å². The molecule has 3 N–H and O–H groups in total. The topological polar surface area (TPSA) is 72.2 Å². The molecule has 126 valence electrons. The van der Waals surface area contributed by atoms with Gasteiger partial charge in [0.2, 0.25) is 0 Å². The molecule has 0 fully saturated rings. The second kappa shape index (κ2) is 10.3. The number of amides is 1. The summed E-state index contributed by atoms with van der Waals surface area (Å²) in [6.45, 7) is 9.16. The van der Waals surface area contributed by atoms with Crippen LogP contribution in [0.1, 0.15) is 32.8 Å². The molecule has 1 rings (SSSR count). The number of nitrogens with one attached hydrogen (secondary N) is 1. The van der Waals surface area contributed by atoms with Crippen molar-refractivity contribution in [3.8, 4) is 0 Å².